The van der Waals surface area contributed by atoms with Crippen LogP contribution in [0.5, 0.6) is 0 Å². The van der Waals surface area contributed by atoms with Gasteiger partial charge in [0.15, 0.2) is 5.96 Å². The van der Waals surface area contributed by atoms with E-state index in [-0.39, 0.29) is 11.8 Å². The van der Waals surface area contributed by atoms with Crippen molar-refractivity contribution in [1.29, 1.82) is 0 Å². The van der Waals surface area contributed by atoms with Crippen molar-refractivity contribution < 1.29 is 12.8 Å². The lowest BCUT2D eigenvalue weighted by Gasteiger charge is -2.33. The number of nitrogens with one attached hydrogen (secondary N) is 2. The van der Waals surface area contributed by atoms with Crippen LogP contribution in [0.3, 0.4) is 0 Å². The number of piperidine rings is 1. The Balaban J connectivity index is 1.81. The maximum absolute atomic E-state index is 11.8. The summed E-state index contributed by atoms with van der Waals surface area (Å²) < 4.78 is 30.6. The summed E-state index contributed by atoms with van der Waals surface area (Å²) in [5.74, 6) is 1.82. The summed E-state index contributed by atoms with van der Waals surface area (Å²) in [5, 5.41) is 6.66. The van der Waals surface area contributed by atoms with Gasteiger partial charge in [-0.2, -0.15) is 0 Å². The number of sulfonamides is 1. The summed E-state index contributed by atoms with van der Waals surface area (Å²) in [4.78, 5) is 6.75. The second-order valence-corrected chi connectivity index (χ2v) is 9.45. The van der Waals surface area contributed by atoms with Gasteiger partial charge in [-0.05, 0) is 51.4 Å². The Labute approximate surface area is 169 Å². The molecule has 8 nitrogen and oxygen atoms in total. The van der Waals surface area contributed by atoms with E-state index in [1.54, 1.807) is 27.3 Å². The lowest BCUT2D eigenvalue weighted by Crippen LogP contribution is -2.44. The highest BCUT2D eigenvalue weighted by Gasteiger charge is 2.24. The van der Waals surface area contributed by atoms with Crippen LogP contribution in [0.15, 0.2) is 27.8 Å². The molecule has 1 unspecified atom stereocenters. The largest absolute Gasteiger partial charge is 0.468 e. The van der Waals surface area contributed by atoms with Gasteiger partial charge in [0.1, 0.15) is 5.76 Å². The standard InChI is InChI=1S/C19H35N5O3S/c1-4-28(25,26)23(3)12-9-11-21-19(20-2)22-16-17(18-10-8-15-27-18)24-13-6-5-7-14-24/h8,10,15,17H,4-7,9,11-14,16H2,1-3H3,(H2,20,21,22). The van der Waals surface area contributed by atoms with Crippen LogP contribution in [0.25, 0.3) is 0 Å². The zero-order chi connectivity index (χ0) is 20.4. The van der Waals surface area contributed by atoms with Gasteiger partial charge in [-0.25, -0.2) is 12.7 Å². The van der Waals surface area contributed by atoms with Gasteiger partial charge in [0.05, 0.1) is 18.1 Å². The number of rotatable bonds is 10. The normalized spacial score (nSPS) is 17.6. The third kappa shape index (κ3) is 6.79. The molecule has 160 valence electrons. The number of aliphatic imine (C=N–C) groups is 1. The minimum Gasteiger partial charge on any atom is -0.468 e. The zero-order valence-corrected chi connectivity index (χ0v) is 18.2. The van der Waals surface area contributed by atoms with Crippen LogP contribution in [-0.2, 0) is 10.0 Å². The van der Waals surface area contributed by atoms with Gasteiger partial charge in [0.25, 0.3) is 0 Å². The van der Waals surface area contributed by atoms with Crippen molar-refractivity contribution in [3.05, 3.63) is 24.2 Å². The summed E-state index contributed by atoms with van der Waals surface area (Å²) in [6.45, 7) is 5.67. The minimum absolute atomic E-state index is 0.130. The van der Waals surface area contributed by atoms with Crippen LogP contribution in [0.1, 0.15) is 44.4 Å². The average molecular weight is 414 g/mol. The monoisotopic (exact) mass is 413 g/mol. The van der Waals surface area contributed by atoms with Gasteiger partial charge in [0, 0.05) is 33.7 Å². The van der Waals surface area contributed by atoms with E-state index in [9.17, 15) is 8.42 Å². The average Bonchev–Trinajstić information content (AvgIpc) is 3.24. The summed E-state index contributed by atoms with van der Waals surface area (Å²) in [6.07, 6.45) is 6.17. The Morgan fingerprint density at radius 3 is 2.68 bits per heavy atom. The molecule has 0 spiro atoms. The van der Waals surface area contributed by atoms with Gasteiger partial charge in [-0.15, -0.1) is 0 Å². The van der Waals surface area contributed by atoms with Gasteiger partial charge < -0.3 is 15.1 Å². The van der Waals surface area contributed by atoms with Gasteiger partial charge in [-0.1, -0.05) is 6.42 Å². The predicted octanol–water partition coefficient (Wildman–Crippen LogP) is 1.64. The second kappa shape index (κ2) is 11.4. The van der Waals surface area contributed by atoms with Gasteiger partial charge in [-0.3, -0.25) is 9.89 Å². The van der Waals surface area contributed by atoms with Crippen molar-refractivity contribution in [2.45, 2.75) is 38.6 Å². The van der Waals surface area contributed by atoms with Crippen LogP contribution >= 0.6 is 0 Å². The second-order valence-electron chi connectivity index (χ2n) is 7.08. The maximum Gasteiger partial charge on any atom is 0.213 e. The zero-order valence-electron chi connectivity index (χ0n) is 17.4. The molecule has 0 radical (unpaired) electrons. The van der Waals surface area contributed by atoms with Gasteiger partial charge >= 0.3 is 0 Å². The van der Waals surface area contributed by atoms with E-state index >= 15 is 0 Å². The fraction of sp³-hybridized carbons (Fsp3) is 0.737. The highest BCUT2D eigenvalue weighted by Crippen LogP contribution is 2.24. The number of nitrogens with zero attached hydrogens (tertiary/aromatic N) is 3. The van der Waals surface area contributed by atoms with Crippen molar-refractivity contribution in [3.63, 3.8) is 0 Å². The topological polar surface area (TPSA) is 90.2 Å². The van der Waals surface area contributed by atoms with Crippen molar-refractivity contribution in [3.8, 4) is 0 Å². The third-order valence-electron chi connectivity index (χ3n) is 5.17. The van der Waals surface area contributed by atoms with Crippen molar-refractivity contribution in [2.24, 2.45) is 4.99 Å². The molecule has 2 N–H and O–H groups in total. The first-order valence-electron chi connectivity index (χ1n) is 10.1. The molecule has 1 atom stereocenters. The SMILES string of the molecule is CCS(=O)(=O)N(C)CCCNC(=NC)NCC(c1ccco1)N1CCCCC1. The molecule has 0 aromatic carbocycles. The first kappa shape index (κ1) is 22.7. The molecular formula is C19H35N5O3S. The van der Waals surface area contributed by atoms with E-state index in [1.807, 2.05) is 12.1 Å². The van der Waals surface area contributed by atoms with E-state index in [4.69, 9.17) is 4.42 Å². The van der Waals surface area contributed by atoms with Crippen molar-refractivity contribution >= 4 is 16.0 Å². The molecule has 28 heavy (non-hydrogen) atoms. The summed E-state index contributed by atoms with van der Waals surface area (Å²) in [5.41, 5.74) is 0. The van der Waals surface area contributed by atoms with E-state index in [0.717, 1.165) is 24.8 Å². The number of hydrogen-bond donors (Lipinski definition) is 2. The molecule has 0 saturated carbocycles. The fourth-order valence-corrected chi connectivity index (χ4v) is 4.25. The number of hydrogen-bond acceptors (Lipinski definition) is 5. The molecule has 0 aliphatic carbocycles. The van der Waals surface area contributed by atoms with E-state index in [1.165, 1.54) is 23.6 Å². The number of guanidine groups is 1. The Morgan fingerprint density at radius 2 is 2.07 bits per heavy atom. The van der Waals surface area contributed by atoms with Crippen molar-refractivity contribution in [2.75, 3.05) is 52.6 Å². The molecule has 1 fully saturated rings. The third-order valence-corrected chi connectivity index (χ3v) is 7.03. The molecule has 2 heterocycles. The highest BCUT2D eigenvalue weighted by molar-refractivity contribution is 7.89. The summed E-state index contributed by atoms with van der Waals surface area (Å²) in [7, 11) is 0.246. The quantitative estimate of drug-likeness (QED) is 0.344. The lowest BCUT2D eigenvalue weighted by molar-refractivity contribution is 0.146. The molecule has 1 saturated heterocycles. The Hall–Kier alpha value is -1.58. The molecule has 0 bridgehead atoms. The first-order chi connectivity index (χ1) is 13.5. The first-order valence-corrected chi connectivity index (χ1v) is 11.7. The maximum atomic E-state index is 11.8. The molecule has 9 heteroatoms. The summed E-state index contributed by atoms with van der Waals surface area (Å²) in [6, 6.07) is 4.14. The smallest absolute Gasteiger partial charge is 0.213 e. The highest BCUT2D eigenvalue weighted by atomic mass is 32.2. The fourth-order valence-electron chi connectivity index (χ4n) is 3.40. The molecule has 1 aliphatic heterocycles. The molecule has 1 aliphatic rings. The Kier molecular flexibility index (Phi) is 9.27. The summed E-state index contributed by atoms with van der Waals surface area (Å²) >= 11 is 0. The van der Waals surface area contributed by atoms with Crippen LogP contribution in [0.2, 0.25) is 0 Å². The minimum atomic E-state index is -3.12. The van der Waals surface area contributed by atoms with Crippen LogP contribution in [0, 0.1) is 0 Å². The number of furan rings is 1. The Morgan fingerprint density at radius 1 is 1.32 bits per heavy atom. The predicted molar refractivity (Wildman–Crippen MR) is 113 cm³/mol. The Bertz CT molecular complexity index is 684. The van der Waals surface area contributed by atoms with Crippen LogP contribution in [-0.4, -0.2) is 76.2 Å². The molecule has 0 amide bonds. The van der Waals surface area contributed by atoms with E-state index in [2.05, 4.69) is 20.5 Å². The van der Waals surface area contributed by atoms with Crippen LogP contribution in [0.4, 0.5) is 0 Å². The molecule has 1 aromatic heterocycles. The van der Waals surface area contributed by atoms with Gasteiger partial charge in [0.2, 0.25) is 10.0 Å². The molecular weight excluding hydrogens is 378 g/mol. The number of likely N-dealkylation sites (tertiary alicyclic amines) is 1. The van der Waals surface area contributed by atoms with E-state index in [0.29, 0.717) is 26.1 Å². The lowest BCUT2D eigenvalue weighted by atomic mass is 10.1. The molecule has 2 rings (SSSR count). The van der Waals surface area contributed by atoms with E-state index < -0.39 is 10.0 Å². The van der Waals surface area contributed by atoms with Crippen LogP contribution < -0.4 is 10.6 Å². The van der Waals surface area contributed by atoms with Crippen molar-refractivity contribution in [1.82, 2.24) is 19.8 Å². The molecule has 1 aromatic rings.